The number of hydrogen-bond donors (Lipinski definition) is 2. The third kappa shape index (κ3) is 3.38. The number of nitrogens with two attached hydrogens (primary N) is 1. The first-order valence-corrected chi connectivity index (χ1v) is 8.82. The number of hydrogen-bond acceptors (Lipinski definition) is 3. The molecule has 2 aromatic carbocycles. The zero-order valence-electron chi connectivity index (χ0n) is 10.8. The van der Waals surface area contributed by atoms with Gasteiger partial charge in [-0.2, -0.15) is 0 Å². The van der Waals surface area contributed by atoms with Crippen LogP contribution in [-0.4, -0.2) is 8.42 Å². The molecular weight excluding hydrogens is 427 g/mol. The molecule has 0 saturated heterocycles. The molecule has 0 bridgehead atoms. The summed E-state index contributed by atoms with van der Waals surface area (Å²) in [5.41, 5.74) is 6.38. The predicted octanol–water partition coefficient (Wildman–Crippen LogP) is 4.04. The minimum atomic E-state index is -3.89. The van der Waals surface area contributed by atoms with Crippen LogP contribution in [-0.2, 0) is 10.0 Å². The lowest BCUT2D eigenvalue weighted by atomic mass is 10.2. The van der Waals surface area contributed by atoms with Crippen LogP contribution in [0.4, 0.5) is 15.8 Å². The average molecular weight is 438 g/mol. The molecule has 0 spiro atoms. The van der Waals surface area contributed by atoms with E-state index in [2.05, 4.69) is 36.6 Å². The van der Waals surface area contributed by atoms with Crippen LogP contribution in [0.1, 0.15) is 5.56 Å². The lowest BCUT2D eigenvalue weighted by molar-refractivity contribution is 0.599. The Hall–Kier alpha value is -1.12. The van der Waals surface area contributed by atoms with E-state index < -0.39 is 15.8 Å². The van der Waals surface area contributed by atoms with Crippen LogP contribution in [0, 0.1) is 12.7 Å². The number of benzene rings is 2. The Bertz CT molecular complexity index is 810. The first-order chi connectivity index (χ1) is 9.72. The van der Waals surface area contributed by atoms with Gasteiger partial charge in [-0.15, -0.1) is 0 Å². The quantitative estimate of drug-likeness (QED) is 0.711. The van der Waals surface area contributed by atoms with Crippen LogP contribution in [0.5, 0.6) is 0 Å². The summed E-state index contributed by atoms with van der Waals surface area (Å²) in [7, 11) is -3.89. The summed E-state index contributed by atoms with van der Waals surface area (Å²) in [5.74, 6) is -0.681. The summed E-state index contributed by atoms with van der Waals surface area (Å²) in [4.78, 5) is -0.124. The molecule has 2 rings (SSSR count). The van der Waals surface area contributed by atoms with Crippen molar-refractivity contribution >= 4 is 53.3 Å². The number of rotatable bonds is 3. The molecule has 112 valence electrons. The summed E-state index contributed by atoms with van der Waals surface area (Å²) in [5, 5.41) is 0. The number of anilines is 2. The Morgan fingerprint density at radius 3 is 2.52 bits per heavy atom. The predicted molar refractivity (Wildman–Crippen MR) is 88.2 cm³/mol. The van der Waals surface area contributed by atoms with Crippen molar-refractivity contribution in [2.24, 2.45) is 0 Å². The van der Waals surface area contributed by atoms with Crippen LogP contribution >= 0.6 is 31.9 Å². The van der Waals surface area contributed by atoms with Crippen molar-refractivity contribution < 1.29 is 12.8 Å². The minimum Gasteiger partial charge on any atom is -0.396 e. The normalized spacial score (nSPS) is 11.4. The maximum absolute atomic E-state index is 13.3. The lowest BCUT2D eigenvalue weighted by Crippen LogP contribution is -2.15. The highest BCUT2D eigenvalue weighted by Gasteiger charge is 2.21. The maximum Gasteiger partial charge on any atom is 0.263 e. The molecule has 21 heavy (non-hydrogen) atoms. The second-order valence-electron chi connectivity index (χ2n) is 4.32. The van der Waals surface area contributed by atoms with E-state index in [0.717, 1.165) is 22.2 Å². The van der Waals surface area contributed by atoms with Gasteiger partial charge >= 0.3 is 0 Å². The molecule has 0 aromatic heterocycles. The van der Waals surface area contributed by atoms with Crippen LogP contribution in [0.25, 0.3) is 0 Å². The maximum atomic E-state index is 13.3. The molecule has 0 fully saturated rings. The van der Waals surface area contributed by atoms with Crippen LogP contribution < -0.4 is 10.5 Å². The van der Waals surface area contributed by atoms with Gasteiger partial charge in [-0.25, -0.2) is 12.8 Å². The molecule has 3 N–H and O–H groups in total. The first-order valence-electron chi connectivity index (χ1n) is 5.75. The van der Waals surface area contributed by atoms with Gasteiger partial charge in [0.05, 0.1) is 11.4 Å². The van der Waals surface area contributed by atoms with Gasteiger partial charge < -0.3 is 5.73 Å². The lowest BCUT2D eigenvalue weighted by Gasteiger charge is -2.13. The van der Waals surface area contributed by atoms with E-state index in [0.29, 0.717) is 5.69 Å². The van der Waals surface area contributed by atoms with Crippen LogP contribution in [0.3, 0.4) is 0 Å². The van der Waals surface area contributed by atoms with E-state index in [1.54, 1.807) is 25.1 Å². The van der Waals surface area contributed by atoms with Gasteiger partial charge in [0.15, 0.2) is 0 Å². The standard InChI is InChI=1S/C13H11Br2FN2O2S/c1-7-8(14)3-2-4-12(7)18-21(19,20)13-6-11(17)10(16)5-9(13)15/h2-6,18H,17H2,1H3. The summed E-state index contributed by atoms with van der Waals surface area (Å²) in [6, 6.07) is 7.26. The van der Waals surface area contributed by atoms with Gasteiger partial charge in [0, 0.05) is 8.95 Å². The molecule has 0 unspecified atom stereocenters. The Balaban J connectivity index is 2.48. The Morgan fingerprint density at radius 2 is 1.86 bits per heavy atom. The van der Waals surface area contributed by atoms with Crippen molar-refractivity contribution in [1.82, 2.24) is 0 Å². The fraction of sp³-hybridized carbons (Fsp3) is 0.0769. The van der Waals surface area contributed by atoms with Gasteiger partial charge in [-0.1, -0.05) is 22.0 Å². The van der Waals surface area contributed by atoms with Crippen molar-refractivity contribution in [3.05, 3.63) is 50.7 Å². The molecule has 0 heterocycles. The fourth-order valence-corrected chi connectivity index (χ4v) is 4.21. The van der Waals surface area contributed by atoms with E-state index in [4.69, 9.17) is 5.73 Å². The molecule has 0 radical (unpaired) electrons. The molecule has 0 atom stereocenters. The van der Waals surface area contributed by atoms with Gasteiger partial charge in [-0.05, 0) is 52.7 Å². The molecule has 8 heteroatoms. The molecule has 0 aliphatic carbocycles. The van der Waals surface area contributed by atoms with Crippen molar-refractivity contribution in [3.63, 3.8) is 0 Å². The molecule has 4 nitrogen and oxygen atoms in total. The largest absolute Gasteiger partial charge is 0.396 e. The molecular formula is C13H11Br2FN2O2S. The third-order valence-electron chi connectivity index (χ3n) is 2.85. The Labute approximate surface area is 138 Å². The Morgan fingerprint density at radius 1 is 1.19 bits per heavy atom. The number of nitrogen functional groups attached to an aromatic ring is 1. The van der Waals surface area contributed by atoms with E-state index in [1.807, 2.05) is 0 Å². The molecule has 0 amide bonds. The van der Waals surface area contributed by atoms with Crippen LogP contribution in [0.15, 0.2) is 44.2 Å². The third-order valence-corrected chi connectivity index (χ3v) is 6.04. The average Bonchev–Trinajstić information content (AvgIpc) is 2.39. The van der Waals surface area contributed by atoms with Crippen molar-refractivity contribution in [3.8, 4) is 0 Å². The summed E-state index contributed by atoms with van der Waals surface area (Å²) in [6.07, 6.45) is 0. The van der Waals surface area contributed by atoms with Crippen molar-refractivity contribution in [2.75, 3.05) is 10.5 Å². The van der Waals surface area contributed by atoms with E-state index in [-0.39, 0.29) is 15.1 Å². The van der Waals surface area contributed by atoms with Gasteiger partial charge in [0.25, 0.3) is 10.0 Å². The topological polar surface area (TPSA) is 72.2 Å². The zero-order valence-corrected chi connectivity index (χ0v) is 14.8. The SMILES string of the molecule is Cc1c(Br)cccc1NS(=O)(=O)c1cc(N)c(F)cc1Br. The van der Waals surface area contributed by atoms with Gasteiger partial charge in [0.1, 0.15) is 10.7 Å². The monoisotopic (exact) mass is 436 g/mol. The molecule has 2 aromatic rings. The second-order valence-corrected chi connectivity index (χ2v) is 7.68. The van der Waals surface area contributed by atoms with Crippen molar-refractivity contribution in [1.29, 1.82) is 0 Å². The highest BCUT2D eigenvalue weighted by Crippen LogP contribution is 2.30. The second kappa shape index (κ2) is 5.94. The molecule has 0 aliphatic heterocycles. The highest BCUT2D eigenvalue weighted by molar-refractivity contribution is 9.10. The smallest absolute Gasteiger partial charge is 0.263 e. The van der Waals surface area contributed by atoms with Crippen molar-refractivity contribution in [2.45, 2.75) is 11.8 Å². The van der Waals surface area contributed by atoms with E-state index in [9.17, 15) is 12.8 Å². The van der Waals surface area contributed by atoms with E-state index >= 15 is 0 Å². The number of halogens is 3. The summed E-state index contributed by atoms with van der Waals surface area (Å²) in [6.45, 7) is 1.77. The molecule has 0 aliphatic rings. The Kier molecular flexibility index (Phi) is 4.60. The highest BCUT2D eigenvalue weighted by atomic mass is 79.9. The van der Waals surface area contributed by atoms with Gasteiger partial charge in [-0.3, -0.25) is 4.72 Å². The minimum absolute atomic E-state index is 0.106. The van der Waals surface area contributed by atoms with Gasteiger partial charge in [0.2, 0.25) is 0 Å². The molecule has 0 saturated carbocycles. The first kappa shape index (κ1) is 16.3. The summed E-state index contributed by atoms with van der Waals surface area (Å²) < 4.78 is 41.5. The number of nitrogens with one attached hydrogen (secondary N) is 1. The summed E-state index contributed by atoms with van der Waals surface area (Å²) >= 11 is 6.37. The van der Waals surface area contributed by atoms with E-state index in [1.165, 1.54) is 0 Å². The zero-order chi connectivity index (χ0) is 15.8. The number of sulfonamides is 1. The van der Waals surface area contributed by atoms with Crippen LogP contribution in [0.2, 0.25) is 0 Å². The fourth-order valence-electron chi connectivity index (χ4n) is 1.67.